The van der Waals surface area contributed by atoms with Crippen molar-refractivity contribution in [1.29, 1.82) is 0 Å². The topological polar surface area (TPSA) is 126 Å². The molecule has 0 unspecified atom stereocenters. The van der Waals surface area contributed by atoms with Crippen LogP contribution in [0, 0.1) is 0 Å². The Morgan fingerprint density at radius 2 is 1.83 bits per heavy atom. The number of aromatic nitrogens is 2. The molecular weight excluding hydrogens is 376 g/mol. The van der Waals surface area contributed by atoms with Gasteiger partial charge < -0.3 is 20.5 Å². The molecule has 29 heavy (non-hydrogen) atoms. The second kappa shape index (κ2) is 7.47. The van der Waals surface area contributed by atoms with Gasteiger partial charge in [-0.2, -0.15) is 0 Å². The first kappa shape index (κ1) is 18.2. The molecular formula is C20H16N4O5. The number of nitrogens with two attached hydrogens (primary N) is 1. The van der Waals surface area contributed by atoms with Crippen LogP contribution in [0.3, 0.4) is 0 Å². The second-order valence-corrected chi connectivity index (χ2v) is 6.30. The average Bonchev–Trinajstić information content (AvgIpc) is 3.17. The predicted molar refractivity (Wildman–Crippen MR) is 104 cm³/mol. The van der Waals surface area contributed by atoms with Gasteiger partial charge in [-0.3, -0.25) is 19.0 Å². The molecule has 9 heteroatoms. The van der Waals surface area contributed by atoms with E-state index in [1.54, 1.807) is 30.3 Å². The highest BCUT2D eigenvalue weighted by atomic mass is 16.7. The normalized spacial score (nSPS) is 11.9. The maximum Gasteiger partial charge on any atom is 0.254 e. The molecule has 9 nitrogen and oxygen atoms in total. The van der Waals surface area contributed by atoms with Gasteiger partial charge in [-0.1, -0.05) is 0 Å². The van der Waals surface area contributed by atoms with Crippen LogP contribution < -0.4 is 26.1 Å². The smallest absolute Gasteiger partial charge is 0.254 e. The summed E-state index contributed by atoms with van der Waals surface area (Å²) in [5.41, 5.74) is 6.80. The molecule has 0 spiro atoms. The van der Waals surface area contributed by atoms with Gasteiger partial charge in [0.15, 0.2) is 11.5 Å². The molecule has 4 rings (SSSR count). The molecule has 3 aromatic rings. The summed E-state index contributed by atoms with van der Waals surface area (Å²) in [4.78, 5) is 39.9. The van der Waals surface area contributed by atoms with Crippen LogP contribution in [-0.2, 0) is 11.3 Å². The number of nitrogens with one attached hydrogen (secondary N) is 1. The molecule has 2 amide bonds. The molecule has 1 aliphatic rings. The van der Waals surface area contributed by atoms with Gasteiger partial charge in [0.25, 0.3) is 5.56 Å². The number of amides is 2. The monoisotopic (exact) mass is 392 g/mol. The number of benzene rings is 2. The number of ether oxygens (including phenoxy) is 2. The lowest BCUT2D eigenvalue weighted by atomic mass is 10.1. The van der Waals surface area contributed by atoms with Crippen LogP contribution in [-0.4, -0.2) is 28.2 Å². The van der Waals surface area contributed by atoms with Crippen molar-refractivity contribution in [3.05, 3.63) is 70.8 Å². The van der Waals surface area contributed by atoms with Crippen molar-refractivity contribution >= 4 is 17.5 Å². The molecule has 0 atom stereocenters. The molecule has 3 N–H and O–H groups in total. The minimum Gasteiger partial charge on any atom is -0.454 e. The molecule has 0 aliphatic carbocycles. The lowest BCUT2D eigenvalue weighted by molar-refractivity contribution is -0.116. The van der Waals surface area contributed by atoms with Crippen LogP contribution in [0.15, 0.2) is 59.7 Å². The number of carbonyl (C=O) groups is 2. The minimum absolute atomic E-state index is 0.161. The van der Waals surface area contributed by atoms with E-state index in [-0.39, 0.29) is 18.9 Å². The van der Waals surface area contributed by atoms with Crippen molar-refractivity contribution < 1.29 is 19.1 Å². The van der Waals surface area contributed by atoms with E-state index in [4.69, 9.17) is 15.2 Å². The number of hydrogen-bond acceptors (Lipinski definition) is 6. The van der Waals surface area contributed by atoms with Gasteiger partial charge in [0.2, 0.25) is 18.6 Å². The van der Waals surface area contributed by atoms with Crippen molar-refractivity contribution in [3.63, 3.8) is 0 Å². The van der Waals surface area contributed by atoms with E-state index in [0.29, 0.717) is 34.0 Å². The van der Waals surface area contributed by atoms with Crippen molar-refractivity contribution in [2.24, 2.45) is 5.73 Å². The van der Waals surface area contributed by atoms with Crippen LogP contribution >= 0.6 is 0 Å². The van der Waals surface area contributed by atoms with E-state index in [2.05, 4.69) is 10.3 Å². The zero-order valence-electron chi connectivity index (χ0n) is 15.1. The fourth-order valence-corrected chi connectivity index (χ4v) is 2.83. The Kier molecular flexibility index (Phi) is 4.70. The Morgan fingerprint density at radius 1 is 1.07 bits per heavy atom. The summed E-state index contributed by atoms with van der Waals surface area (Å²) in [6.07, 6.45) is 1.32. The molecule has 2 aromatic carbocycles. The SMILES string of the molecule is NC(=O)c1ccc(NC(=O)Cn2cnc(-c3ccc4c(c3)OCO4)cc2=O)cc1. The number of anilines is 1. The van der Waals surface area contributed by atoms with E-state index >= 15 is 0 Å². The third kappa shape index (κ3) is 3.93. The van der Waals surface area contributed by atoms with E-state index in [9.17, 15) is 14.4 Å². The lowest BCUT2D eigenvalue weighted by Crippen LogP contribution is -2.27. The van der Waals surface area contributed by atoms with Gasteiger partial charge in [-0.05, 0) is 42.5 Å². The Balaban J connectivity index is 1.46. The maximum absolute atomic E-state index is 12.4. The number of carbonyl (C=O) groups excluding carboxylic acids is 2. The molecule has 146 valence electrons. The Morgan fingerprint density at radius 3 is 2.55 bits per heavy atom. The first-order valence-corrected chi connectivity index (χ1v) is 8.66. The summed E-state index contributed by atoms with van der Waals surface area (Å²) < 4.78 is 11.8. The van der Waals surface area contributed by atoms with Gasteiger partial charge in [-0.15, -0.1) is 0 Å². The Bertz CT molecular complexity index is 1150. The first-order chi connectivity index (χ1) is 14.0. The first-order valence-electron chi connectivity index (χ1n) is 8.66. The van der Waals surface area contributed by atoms with E-state index in [1.165, 1.54) is 29.1 Å². The number of hydrogen-bond donors (Lipinski definition) is 2. The fourth-order valence-electron chi connectivity index (χ4n) is 2.83. The molecule has 1 aromatic heterocycles. The van der Waals surface area contributed by atoms with Crippen molar-refractivity contribution in [2.45, 2.75) is 6.54 Å². The minimum atomic E-state index is -0.553. The third-order valence-electron chi connectivity index (χ3n) is 4.31. The van der Waals surface area contributed by atoms with Crippen molar-refractivity contribution in [2.75, 3.05) is 12.1 Å². The molecule has 1 aliphatic heterocycles. The van der Waals surface area contributed by atoms with Crippen LogP contribution in [0.25, 0.3) is 11.3 Å². The van der Waals surface area contributed by atoms with Crippen molar-refractivity contribution in [1.82, 2.24) is 9.55 Å². The molecule has 0 fully saturated rings. The van der Waals surface area contributed by atoms with E-state index in [0.717, 1.165) is 0 Å². The largest absolute Gasteiger partial charge is 0.454 e. The predicted octanol–water partition coefficient (Wildman–Crippen LogP) is 1.38. The quantitative estimate of drug-likeness (QED) is 0.676. The van der Waals surface area contributed by atoms with Gasteiger partial charge in [0, 0.05) is 22.9 Å². The summed E-state index contributed by atoms with van der Waals surface area (Å²) in [6.45, 7) is -0.0427. The molecule has 0 saturated heterocycles. The third-order valence-corrected chi connectivity index (χ3v) is 4.31. The van der Waals surface area contributed by atoms with Gasteiger partial charge >= 0.3 is 0 Å². The molecule has 0 bridgehead atoms. The fraction of sp³-hybridized carbons (Fsp3) is 0.100. The lowest BCUT2D eigenvalue weighted by Gasteiger charge is -2.08. The Labute approximate surface area is 164 Å². The van der Waals surface area contributed by atoms with Crippen LogP contribution in [0.5, 0.6) is 11.5 Å². The summed E-state index contributed by atoms with van der Waals surface area (Å²) in [5, 5.41) is 2.65. The highest BCUT2D eigenvalue weighted by Gasteiger charge is 2.15. The van der Waals surface area contributed by atoms with Crippen molar-refractivity contribution in [3.8, 4) is 22.8 Å². The highest BCUT2D eigenvalue weighted by Crippen LogP contribution is 2.35. The van der Waals surface area contributed by atoms with E-state index < -0.39 is 11.8 Å². The average molecular weight is 392 g/mol. The number of nitrogens with zero attached hydrogens (tertiary/aromatic N) is 2. The Hall–Kier alpha value is -4.14. The second-order valence-electron chi connectivity index (χ2n) is 6.30. The van der Waals surface area contributed by atoms with Gasteiger partial charge in [-0.25, -0.2) is 4.98 Å². The summed E-state index contributed by atoms with van der Waals surface area (Å²) >= 11 is 0. The summed E-state index contributed by atoms with van der Waals surface area (Å²) in [7, 11) is 0. The van der Waals surface area contributed by atoms with Crippen LogP contribution in [0.2, 0.25) is 0 Å². The molecule has 0 radical (unpaired) electrons. The van der Waals surface area contributed by atoms with E-state index in [1.807, 2.05) is 0 Å². The molecule has 2 heterocycles. The van der Waals surface area contributed by atoms with Gasteiger partial charge in [0.05, 0.1) is 12.0 Å². The summed E-state index contributed by atoms with van der Waals surface area (Å²) in [6, 6.07) is 12.8. The standard InChI is InChI=1S/C20H16N4O5/c21-20(27)12-1-4-14(5-2-12)23-18(25)9-24-10-22-15(8-19(24)26)13-3-6-16-17(7-13)29-11-28-16/h1-8,10H,9,11H2,(H2,21,27)(H,23,25). The maximum atomic E-state index is 12.4. The van der Waals surface area contributed by atoms with Crippen LogP contribution in [0.4, 0.5) is 5.69 Å². The number of fused-ring (bicyclic) bond motifs is 1. The zero-order chi connectivity index (χ0) is 20.4. The number of rotatable bonds is 5. The summed E-state index contributed by atoms with van der Waals surface area (Å²) in [5.74, 6) is 0.275. The van der Waals surface area contributed by atoms with Gasteiger partial charge in [0.1, 0.15) is 6.54 Å². The number of primary amides is 1. The zero-order valence-corrected chi connectivity index (χ0v) is 15.1. The highest BCUT2D eigenvalue weighted by molar-refractivity contribution is 5.94. The molecule has 0 saturated carbocycles. The van der Waals surface area contributed by atoms with Crippen LogP contribution in [0.1, 0.15) is 10.4 Å².